The van der Waals surface area contributed by atoms with Gasteiger partial charge >= 0.3 is 6.03 Å². The van der Waals surface area contributed by atoms with Gasteiger partial charge in [0, 0.05) is 11.9 Å². The van der Waals surface area contributed by atoms with Gasteiger partial charge in [-0.15, -0.1) is 0 Å². The quantitative estimate of drug-likeness (QED) is 0.624. The van der Waals surface area contributed by atoms with E-state index in [0.29, 0.717) is 5.69 Å². The first-order valence-corrected chi connectivity index (χ1v) is 8.56. The van der Waals surface area contributed by atoms with E-state index < -0.39 is 11.9 Å². The first kappa shape index (κ1) is 18.4. The molecule has 0 spiro atoms. The van der Waals surface area contributed by atoms with Crippen LogP contribution in [-0.4, -0.2) is 18.2 Å². The summed E-state index contributed by atoms with van der Waals surface area (Å²) in [5, 5.41) is 5.12. The standard InChI is InChI=1S/C21H16ClN3O2/c22-19-9-5-4-8-18(19)20(26)25-21(27)24-17-12-10-16(11-13-17)23-14-15-6-2-1-3-7-15/h1-14H,(H2,24,25,26,27). The van der Waals surface area contributed by atoms with Gasteiger partial charge in [-0.05, 0) is 42.0 Å². The summed E-state index contributed by atoms with van der Waals surface area (Å²) in [7, 11) is 0. The number of anilines is 1. The van der Waals surface area contributed by atoms with E-state index in [4.69, 9.17) is 11.6 Å². The van der Waals surface area contributed by atoms with Gasteiger partial charge in [0.1, 0.15) is 0 Å². The van der Waals surface area contributed by atoms with E-state index in [9.17, 15) is 9.59 Å². The average molecular weight is 378 g/mol. The van der Waals surface area contributed by atoms with Crippen molar-refractivity contribution in [1.82, 2.24) is 5.32 Å². The summed E-state index contributed by atoms with van der Waals surface area (Å²) in [6.45, 7) is 0. The Morgan fingerprint density at radius 2 is 1.52 bits per heavy atom. The van der Waals surface area contributed by atoms with Gasteiger partial charge in [0.15, 0.2) is 0 Å². The fraction of sp³-hybridized carbons (Fsp3) is 0. The summed E-state index contributed by atoms with van der Waals surface area (Å²) in [6, 6.07) is 22.6. The lowest BCUT2D eigenvalue weighted by atomic mass is 10.2. The monoisotopic (exact) mass is 377 g/mol. The lowest BCUT2D eigenvalue weighted by Gasteiger charge is -2.08. The lowest BCUT2D eigenvalue weighted by molar-refractivity contribution is 0.0967. The molecule has 3 aromatic rings. The lowest BCUT2D eigenvalue weighted by Crippen LogP contribution is -2.34. The third-order valence-corrected chi connectivity index (χ3v) is 3.96. The topological polar surface area (TPSA) is 70.6 Å². The number of hydrogen-bond acceptors (Lipinski definition) is 3. The summed E-state index contributed by atoms with van der Waals surface area (Å²) in [4.78, 5) is 28.4. The normalized spacial score (nSPS) is 10.6. The second kappa shape index (κ2) is 8.78. The molecular weight excluding hydrogens is 362 g/mol. The number of carbonyl (C=O) groups is 2. The van der Waals surface area contributed by atoms with E-state index in [1.54, 1.807) is 54.7 Å². The molecule has 5 nitrogen and oxygen atoms in total. The van der Waals surface area contributed by atoms with Crippen molar-refractivity contribution in [2.45, 2.75) is 0 Å². The number of aliphatic imine (C=N–C) groups is 1. The number of nitrogens with zero attached hydrogens (tertiary/aromatic N) is 1. The number of amides is 3. The molecule has 0 saturated heterocycles. The molecule has 3 amide bonds. The van der Waals surface area contributed by atoms with Gasteiger partial charge < -0.3 is 5.32 Å². The van der Waals surface area contributed by atoms with E-state index in [-0.39, 0.29) is 10.6 Å². The number of carbonyl (C=O) groups excluding carboxylic acids is 2. The number of rotatable bonds is 4. The van der Waals surface area contributed by atoms with Gasteiger partial charge in [-0.2, -0.15) is 0 Å². The molecule has 0 saturated carbocycles. The predicted molar refractivity (Wildman–Crippen MR) is 108 cm³/mol. The highest BCUT2D eigenvalue weighted by Gasteiger charge is 2.13. The van der Waals surface area contributed by atoms with Gasteiger partial charge in [-0.3, -0.25) is 15.1 Å². The van der Waals surface area contributed by atoms with Crippen LogP contribution in [0.4, 0.5) is 16.2 Å². The molecule has 0 aliphatic carbocycles. The molecular formula is C21H16ClN3O2. The van der Waals surface area contributed by atoms with Crippen LogP contribution < -0.4 is 10.6 Å². The third-order valence-electron chi connectivity index (χ3n) is 3.63. The van der Waals surface area contributed by atoms with Crippen molar-refractivity contribution < 1.29 is 9.59 Å². The Hall–Kier alpha value is -3.44. The minimum Gasteiger partial charge on any atom is -0.308 e. The van der Waals surface area contributed by atoms with E-state index in [2.05, 4.69) is 15.6 Å². The Labute approximate surface area is 161 Å². The van der Waals surface area contributed by atoms with Crippen LogP contribution in [-0.2, 0) is 0 Å². The van der Waals surface area contributed by atoms with E-state index in [1.807, 2.05) is 30.3 Å². The summed E-state index contributed by atoms with van der Waals surface area (Å²) in [5.41, 5.74) is 2.52. The summed E-state index contributed by atoms with van der Waals surface area (Å²) in [5.74, 6) is -0.567. The van der Waals surface area contributed by atoms with Crippen molar-refractivity contribution in [3.05, 3.63) is 95.0 Å². The largest absolute Gasteiger partial charge is 0.326 e. The van der Waals surface area contributed by atoms with Crippen LogP contribution in [0.1, 0.15) is 15.9 Å². The number of urea groups is 1. The molecule has 0 aromatic heterocycles. The molecule has 3 rings (SSSR count). The molecule has 0 aliphatic rings. The molecule has 0 bridgehead atoms. The first-order valence-electron chi connectivity index (χ1n) is 8.18. The van der Waals surface area contributed by atoms with Crippen molar-refractivity contribution in [1.29, 1.82) is 0 Å². The Morgan fingerprint density at radius 3 is 2.22 bits per heavy atom. The van der Waals surface area contributed by atoms with E-state index in [1.165, 1.54) is 0 Å². The minimum atomic E-state index is -0.638. The fourth-order valence-corrected chi connectivity index (χ4v) is 2.52. The maximum absolute atomic E-state index is 12.1. The van der Waals surface area contributed by atoms with Crippen molar-refractivity contribution in [2.24, 2.45) is 4.99 Å². The molecule has 0 unspecified atom stereocenters. The zero-order valence-corrected chi connectivity index (χ0v) is 15.0. The van der Waals surface area contributed by atoms with Gasteiger partial charge in [-0.25, -0.2) is 4.79 Å². The zero-order valence-electron chi connectivity index (χ0n) is 14.2. The highest BCUT2D eigenvalue weighted by Crippen LogP contribution is 2.17. The zero-order chi connectivity index (χ0) is 19.1. The molecule has 6 heteroatoms. The second-order valence-electron chi connectivity index (χ2n) is 5.60. The van der Waals surface area contributed by atoms with Gasteiger partial charge in [0.2, 0.25) is 0 Å². The first-order chi connectivity index (χ1) is 13.1. The molecule has 0 aliphatic heterocycles. The second-order valence-corrected chi connectivity index (χ2v) is 6.01. The minimum absolute atomic E-state index is 0.236. The van der Waals surface area contributed by atoms with Crippen molar-refractivity contribution in [2.75, 3.05) is 5.32 Å². The van der Waals surface area contributed by atoms with E-state index in [0.717, 1.165) is 11.3 Å². The Balaban J connectivity index is 1.58. The van der Waals surface area contributed by atoms with Crippen LogP contribution in [0.5, 0.6) is 0 Å². The molecule has 3 aromatic carbocycles. The van der Waals surface area contributed by atoms with Crippen molar-refractivity contribution in [3.8, 4) is 0 Å². The van der Waals surface area contributed by atoms with Crippen molar-refractivity contribution >= 4 is 41.1 Å². The third kappa shape index (κ3) is 5.26. The SMILES string of the molecule is O=C(NC(=O)c1ccccc1Cl)Nc1ccc(N=Cc2ccccc2)cc1. The number of hydrogen-bond donors (Lipinski definition) is 2. The maximum Gasteiger partial charge on any atom is 0.326 e. The number of nitrogens with one attached hydrogen (secondary N) is 2. The van der Waals surface area contributed by atoms with Gasteiger partial charge in [0.25, 0.3) is 5.91 Å². The van der Waals surface area contributed by atoms with E-state index >= 15 is 0 Å². The van der Waals surface area contributed by atoms with Crippen molar-refractivity contribution in [3.63, 3.8) is 0 Å². The molecule has 0 radical (unpaired) electrons. The van der Waals surface area contributed by atoms with Gasteiger partial charge in [-0.1, -0.05) is 54.1 Å². The van der Waals surface area contributed by atoms with Crippen LogP contribution in [0.3, 0.4) is 0 Å². The highest BCUT2D eigenvalue weighted by atomic mass is 35.5. The van der Waals surface area contributed by atoms with Crippen LogP contribution in [0.15, 0.2) is 83.9 Å². The van der Waals surface area contributed by atoms with Crippen LogP contribution in [0, 0.1) is 0 Å². The molecule has 0 heterocycles. The molecule has 2 N–H and O–H groups in total. The summed E-state index contributed by atoms with van der Waals surface area (Å²) in [6.07, 6.45) is 1.76. The Morgan fingerprint density at radius 1 is 0.852 bits per heavy atom. The average Bonchev–Trinajstić information content (AvgIpc) is 2.68. The molecule has 27 heavy (non-hydrogen) atoms. The number of halogens is 1. The highest BCUT2D eigenvalue weighted by molar-refractivity contribution is 6.34. The van der Waals surface area contributed by atoms with Crippen LogP contribution in [0.2, 0.25) is 5.02 Å². The summed E-state index contributed by atoms with van der Waals surface area (Å²) < 4.78 is 0. The summed E-state index contributed by atoms with van der Waals surface area (Å²) >= 11 is 5.95. The van der Waals surface area contributed by atoms with Crippen LogP contribution in [0.25, 0.3) is 0 Å². The molecule has 0 atom stereocenters. The maximum atomic E-state index is 12.1. The fourth-order valence-electron chi connectivity index (χ4n) is 2.30. The Bertz CT molecular complexity index is 970. The van der Waals surface area contributed by atoms with Gasteiger partial charge in [0.05, 0.1) is 16.3 Å². The predicted octanol–water partition coefficient (Wildman–Crippen LogP) is 5.05. The molecule has 134 valence electrons. The Kier molecular flexibility index (Phi) is 5.97. The van der Waals surface area contributed by atoms with Crippen LogP contribution >= 0.6 is 11.6 Å². The number of imide groups is 1. The number of benzene rings is 3. The molecule has 0 fully saturated rings. The smallest absolute Gasteiger partial charge is 0.308 e.